The van der Waals surface area contributed by atoms with Gasteiger partial charge in [-0.15, -0.1) is 0 Å². The van der Waals surface area contributed by atoms with Gasteiger partial charge >= 0.3 is 0 Å². The molecule has 0 unspecified atom stereocenters. The smallest absolute Gasteiger partial charge is 0.267 e. The summed E-state index contributed by atoms with van der Waals surface area (Å²) in [5, 5.41) is 0. The lowest BCUT2D eigenvalue weighted by atomic mass is 10.1. The zero-order valence-corrected chi connectivity index (χ0v) is 8.18. The van der Waals surface area contributed by atoms with Crippen LogP contribution in [0.1, 0.15) is 12.0 Å². The summed E-state index contributed by atoms with van der Waals surface area (Å²) in [6, 6.07) is 3.04. The average Bonchev–Trinajstić information content (AvgIpc) is 1.97. The van der Waals surface area contributed by atoms with E-state index in [0.29, 0.717) is 3.57 Å². The summed E-state index contributed by atoms with van der Waals surface area (Å²) in [7, 11) is 0. The molecule has 0 aromatic heterocycles. The van der Waals surface area contributed by atoms with Crippen LogP contribution in [-0.2, 0) is 0 Å². The van der Waals surface area contributed by atoms with Gasteiger partial charge in [0.05, 0.1) is 11.3 Å². The zero-order chi connectivity index (χ0) is 9.30. The fourth-order valence-corrected chi connectivity index (χ4v) is 1.34. The van der Waals surface area contributed by atoms with Crippen LogP contribution in [0.15, 0.2) is 12.1 Å². The van der Waals surface area contributed by atoms with Crippen LogP contribution < -0.4 is 11.5 Å². The van der Waals surface area contributed by atoms with Crippen molar-refractivity contribution >= 4 is 34.0 Å². The second-order valence-electron chi connectivity index (χ2n) is 2.26. The van der Waals surface area contributed by atoms with Crippen LogP contribution in [0.3, 0.4) is 0 Å². The largest absolute Gasteiger partial charge is 0.398 e. The fourth-order valence-electron chi connectivity index (χ4n) is 0.870. The van der Waals surface area contributed by atoms with Gasteiger partial charge < -0.3 is 11.5 Å². The predicted octanol–water partition coefficient (Wildman–Crippen LogP) is 2.39. The SMILES string of the molecule is Nc1ccc(I)c(N)c1C(F)F. The molecule has 0 aliphatic heterocycles. The van der Waals surface area contributed by atoms with Gasteiger partial charge in [0, 0.05) is 9.26 Å². The third-order valence-electron chi connectivity index (χ3n) is 1.49. The highest BCUT2D eigenvalue weighted by Gasteiger charge is 2.16. The highest BCUT2D eigenvalue weighted by Crippen LogP contribution is 2.33. The molecule has 1 aromatic rings. The summed E-state index contributed by atoms with van der Waals surface area (Å²) >= 11 is 1.89. The number of benzene rings is 1. The van der Waals surface area contributed by atoms with E-state index in [4.69, 9.17) is 11.5 Å². The molecule has 0 bridgehead atoms. The molecular formula is C7H7F2IN2. The molecule has 2 nitrogen and oxygen atoms in total. The van der Waals surface area contributed by atoms with Crippen molar-refractivity contribution in [3.05, 3.63) is 21.3 Å². The molecule has 1 rings (SSSR count). The minimum atomic E-state index is -2.61. The Morgan fingerprint density at radius 1 is 1.25 bits per heavy atom. The van der Waals surface area contributed by atoms with E-state index in [1.54, 1.807) is 6.07 Å². The first kappa shape index (κ1) is 9.50. The lowest BCUT2D eigenvalue weighted by molar-refractivity contribution is 0.153. The molecule has 0 saturated carbocycles. The summed E-state index contributed by atoms with van der Waals surface area (Å²) in [6.45, 7) is 0. The molecule has 0 amide bonds. The minimum absolute atomic E-state index is 0.0444. The van der Waals surface area contributed by atoms with Gasteiger partial charge in [-0.25, -0.2) is 8.78 Å². The van der Waals surface area contributed by atoms with Crippen LogP contribution >= 0.6 is 22.6 Å². The zero-order valence-electron chi connectivity index (χ0n) is 6.02. The molecule has 0 radical (unpaired) electrons. The van der Waals surface area contributed by atoms with E-state index < -0.39 is 6.43 Å². The first-order valence-corrected chi connectivity index (χ1v) is 4.23. The summed E-state index contributed by atoms with van der Waals surface area (Å²) < 4.78 is 25.2. The number of hydrogen-bond acceptors (Lipinski definition) is 2. The number of nitrogen functional groups attached to an aromatic ring is 2. The lowest BCUT2D eigenvalue weighted by Crippen LogP contribution is -2.02. The van der Waals surface area contributed by atoms with E-state index in [1.165, 1.54) is 6.07 Å². The van der Waals surface area contributed by atoms with Gasteiger partial charge in [0.1, 0.15) is 0 Å². The number of alkyl halides is 2. The molecule has 1 aromatic carbocycles. The number of nitrogens with two attached hydrogens (primary N) is 2. The highest BCUT2D eigenvalue weighted by molar-refractivity contribution is 14.1. The van der Waals surface area contributed by atoms with Gasteiger partial charge in [-0.05, 0) is 34.7 Å². The van der Waals surface area contributed by atoms with Gasteiger partial charge in [0.25, 0.3) is 6.43 Å². The summed E-state index contributed by atoms with van der Waals surface area (Å²) in [4.78, 5) is 0. The maximum Gasteiger partial charge on any atom is 0.267 e. The number of hydrogen-bond donors (Lipinski definition) is 2. The molecule has 0 saturated heterocycles. The summed E-state index contributed by atoms with van der Waals surface area (Å²) in [6.07, 6.45) is -2.61. The van der Waals surface area contributed by atoms with E-state index in [0.717, 1.165) is 0 Å². The summed E-state index contributed by atoms with van der Waals surface area (Å²) in [5.74, 6) is 0. The topological polar surface area (TPSA) is 52.0 Å². The summed E-state index contributed by atoms with van der Waals surface area (Å²) in [5.41, 5.74) is 10.6. The Morgan fingerprint density at radius 3 is 2.25 bits per heavy atom. The molecule has 12 heavy (non-hydrogen) atoms. The molecule has 0 aliphatic rings. The Bertz CT molecular complexity index is 302. The number of halogens is 3. The molecule has 0 aliphatic carbocycles. The fraction of sp³-hybridized carbons (Fsp3) is 0.143. The molecule has 0 spiro atoms. The average molecular weight is 284 g/mol. The molecule has 4 N–H and O–H groups in total. The van der Waals surface area contributed by atoms with Crippen molar-refractivity contribution in [3.63, 3.8) is 0 Å². The Balaban J connectivity index is 3.33. The lowest BCUT2D eigenvalue weighted by Gasteiger charge is -2.09. The van der Waals surface area contributed by atoms with Crippen molar-refractivity contribution in [1.82, 2.24) is 0 Å². The van der Waals surface area contributed by atoms with Gasteiger partial charge in [-0.1, -0.05) is 0 Å². The molecular weight excluding hydrogens is 277 g/mol. The van der Waals surface area contributed by atoms with Crippen LogP contribution in [0, 0.1) is 3.57 Å². The van der Waals surface area contributed by atoms with Crippen LogP contribution in [0.4, 0.5) is 20.2 Å². The standard InChI is InChI=1S/C7H7F2IN2/c8-7(9)5-4(11)2-1-3(10)6(5)12/h1-2,7H,11-12H2. The molecule has 0 fully saturated rings. The third-order valence-corrected chi connectivity index (χ3v) is 2.43. The van der Waals surface area contributed by atoms with Gasteiger partial charge in [-0.2, -0.15) is 0 Å². The van der Waals surface area contributed by atoms with Crippen molar-refractivity contribution in [2.24, 2.45) is 0 Å². The van der Waals surface area contributed by atoms with Crippen LogP contribution in [0.25, 0.3) is 0 Å². The van der Waals surface area contributed by atoms with Gasteiger partial charge in [0.15, 0.2) is 0 Å². The van der Waals surface area contributed by atoms with E-state index in [1.807, 2.05) is 22.6 Å². The van der Waals surface area contributed by atoms with Crippen molar-refractivity contribution < 1.29 is 8.78 Å². The third kappa shape index (κ3) is 1.60. The molecule has 0 atom stereocenters. The van der Waals surface area contributed by atoms with Crippen molar-refractivity contribution in [2.75, 3.05) is 11.5 Å². The Morgan fingerprint density at radius 2 is 1.83 bits per heavy atom. The first-order chi connectivity index (χ1) is 5.54. The van der Waals surface area contributed by atoms with Crippen molar-refractivity contribution in [3.8, 4) is 0 Å². The van der Waals surface area contributed by atoms with Gasteiger partial charge in [0.2, 0.25) is 0 Å². The highest BCUT2D eigenvalue weighted by atomic mass is 127. The first-order valence-electron chi connectivity index (χ1n) is 3.15. The quantitative estimate of drug-likeness (QED) is 0.614. The van der Waals surface area contributed by atoms with E-state index >= 15 is 0 Å². The number of anilines is 2. The second-order valence-corrected chi connectivity index (χ2v) is 3.43. The Kier molecular flexibility index (Phi) is 2.71. The monoisotopic (exact) mass is 284 g/mol. The van der Waals surface area contributed by atoms with E-state index in [9.17, 15) is 8.78 Å². The molecule has 0 heterocycles. The van der Waals surface area contributed by atoms with Crippen LogP contribution in [0.5, 0.6) is 0 Å². The predicted molar refractivity (Wildman–Crippen MR) is 52.9 cm³/mol. The van der Waals surface area contributed by atoms with Crippen molar-refractivity contribution in [2.45, 2.75) is 6.43 Å². The van der Waals surface area contributed by atoms with E-state index in [2.05, 4.69) is 0 Å². The number of rotatable bonds is 1. The maximum atomic E-state index is 12.3. The molecule has 5 heteroatoms. The van der Waals surface area contributed by atoms with Crippen LogP contribution in [0.2, 0.25) is 0 Å². The van der Waals surface area contributed by atoms with Crippen LogP contribution in [-0.4, -0.2) is 0 Å². The molecule has 66 valence electrons. The van der Waals surface area contributed by atoms with E-state index in [-0.39, 0.29) is 16.9 Å². The minimum Gasteiger partial charge on any atom is -0.398 e. The normalized spacial score (nSPS) is 10.7. The van der Waals surface area contributed by atoms with Gasteiger partial charge in [-0.3, -0.25) is 0 Å². The maximum absolute atomic E-state index is 12.3. The second kappa shape index (κ2) is 3.42. The Labute approximate surface area is 82.1 Å². The van der Waals surface area contributed by atoms with Crippen molar-refractivity contribution in [1.29, 1.82) is 0 Å². The Hall–Kier alpha value is -0.590.